The maximum Gasteiger partial charge on any atom is 0.246 e. The molecule has 0 aliphatic heterocycles. The third-order valence-corrected chi connectivity index (χ3v) is 7.63. The van der Waals surface area contributed by atoms with Gasteiger partial charge in [-0.05, 0) is 36.8 Å². The van der Waals surface area contributed by atoms with Crippen molar-refractivity contribution in [3.63, 3.8) is 0 Å². The van der Waals surface area contributed by atoms with Gasteiger partial charge in [-0.3, -0.25) is 9.55 Å². The second-order valence-electron chi connectivity index (χ2n) is 8.50. The summed E-state index contributed by atoms with van der Waals surface area (Å²) in [5.74, 6) is -0.216. The van der Waals surface area contributed by atoms with Crippen LogP contribution in [0.15, 0.2) is 54.7 Å². The average molecular weight is 573 g/mol. The first-order valence-electron chi connectivity index (χ1n) is 12.2. The Bertz CT molecular complexity index is 1540. The Labute approximate surface area is 231 Å². The molecule has 40 heavy (non-hydrogen) atoms. The number of pyridine rings is 2. The van der Waals surface area contributed by atoms with Crippen LogP contribution in [0.4, 0.5) is 10.3 Å². The molecule has 4 aromatic rings. The summed E-state index contributed by atoms with van der Waals surface area (Å²) in [6.07, 6.45) is -0.207. The van der Waals surface area contributed by atoms with Crippen molar-refractivity contribution in [2.45, 2.75) is 19.4 Å². The Morgan fingerprint density at radius 3 is 2.30 bits per heavy atom. The number of rotatable bonds is 12. The van der Waals surface area contributed by atoms with E-state index in [1.165, 1.54) is 32.0 Å². The zero-order valence-corrected chi connectivity index (χ0v) is 23.2. The first-order valence-corrected chi connectivity index (χ1v) is 13.8. The molecular formula is C26H29FN6O6S. The van der Waals surface area contributed by atoms with E-state index in [-0.39, 0.29) is 24.0 Å². The molecule has 1 atom stereocenters. The zero-order chi connectivity index (χ0) is 28.9. The highest BCUT2D eigenvalue weighted by Gasteiger charge is 2.33. The van der Waals surface area contributed by atoms with Gasteiger partial charge in [-0.2, -0.15) is 0 Å². The molecule has 3 heterocycles. The molecule has 0 radical (unpaired) electrons. The summed E-state index contributed by atoms with van der Waals surface area (Å²) in [5.41, 5.74) is 0.690. The predicted octanol–water partition coefficient (Wildman–Crippen LogP) is 3.17. The van der Waals surface area contributed by atoms with Crippen molar-refractivity contribution in [2.24, 2.45) is 0 Å². The number of halogens is 1. The minimum atomic E-state index is -4.25. The van der Waals surface area contributed by atoms with E-state index in [1.807, 2.05) is 0 Å². The number of hydrogen-bond donors (Lipinski definition) is 1. The van der Waals surface area contributed by atoms with E-state index < -0.39 is 27.7 Å². The fraction of sp³-hybridized carbons (Fsp3) is 0.308. The lowest BCUT2D eigenvalue weighted by Gasteiger charge is -2.26. The number of hydrogen-bond acceptors (Lipinski definition) is 10. The van der Waals surface area contributed by atoms with Crippen LogP contribution < -0.4 is 18.5 Å². The highest BCUT2D eigenvalue weighted by atomic mass is 32.2. The van der Waals surface area contributed by atoms with Gasteiger partial charge in [-0.15, -0.1) is 10.2 Å². The van der Waals surface area contributed by atoms with Gasteiger partial charge in [0.05, 0.1) is 33.2 Å². The number of para-hydroxylation sites is 1. The van der Waals surface area contributed by atoms with E-state index in [0.717, 1.165) is 16.6 Å². The maximum atomic E-state index is 13.8. The summed E-state index contributed by atoms with van der Waals surface area (Å²) in [4.78, 5) is 8.28. The molecule has 3 aromatic heterocycles. The molecule has 0 saturated heterocycles. The van der Waals surface area contributed by atoms with E-state index >= 15 is 0 Å². The highest BCUT2D eigenvalue weighted by Crippen LogP contribution is 2.39. The number of aromatic nitrogens is 5. The summed E-state index contributed by atoms with van der Waals surface area (Å²) < 4.78 is 60.0. The minimum Gasteiger partial charge on any atom is -0.494 e. The van der Waals surface area contributed by atoms with Crippen molar-refractivity contribution in [1.82, 2.24) is 24.7 Å². The van der Waals surface area contributed by atoms with Crippen LogP contribution in [0.2, 0.25) is 0 Å². The van der Waals surface area contributed by atoms with Gasteiger partial charge in [0.15, 0.2) is 5.82 Å². The molecular weight excluding hydrogens is 543 g/mol. The molecule has 0 bridgehead atoms. The van der Waals surface area contributed by atoms with Crippen LogP contribution in [0.3, 0.4) is 0 Å². The first kappa shape index (κ1) is 28.7. The molecule has 0 unspecified atom stereocenters. The summed E-state index contributed by atoms with van der Waals surface area (Å²) >= 11 is 0. The van der Waals surface area contributed by atoms with Crippen molar-refractivity contribution < 1.29 is 32.1 Å². The van der Waals surface area contributed by atoms with Crippen molar-refractivity contribution >= 4 is 16.0 Å². The van der Waals surface area contributed by atoms with E-state index in [0.29, 0.717) is 35.2 Å². The molecule has 12 nitrogen and oxygen atoms in total. The van der Waals surface area contributed by atoms with Gasteiger partial charge >= 0.3 is 0 Å². The Morgan fingerprint density at radius 2 is 1.70 bits per heavy atom. The molecule has 0 saturated carbocycles. The number of aliphatic hydroxyl groups is 1. The van der Waals surface area contributed by atoms with Gasteiger partial charge in [-0.1, -0.05) is 19.1 Å². The fourth-order valence-electron chi connectivity index (χ4n) is 4.04. The second kappa shape index (κ2) is 12.3. The third-order valence-electron chi connectivity index (χ3n) is 5.88. The topological polar surface area (TPSA) is 142 Å². The van der Waals surface area contributed by atoms with E-state index in [4.69, 9.17) is 14.2 Å². The number of anilines is 1. The van der Waals surface area contributed by atoms with Crippen molar-refractivity contribution in [1.29, 1.82) is 0 Å². The van der Waals surface area contributed by atoms with Crippen molar-refractivity contribution in [3.8, 4) is 34.6 Å². The second-order valence-corrected chi connectivity index (χ2v) is 10.4. The number of benzene rings is 1. The van der Waals surface area contributed by atoms with Gasteiger partial charge in [-0.25, -0.2) is 22.1 Å². The Balaban J connectivity index is 1.92. The minimum absolute atomic E-state index is 0.00698. The average Bonchev–Trinajstić information content (AvgIpc) is 3.39. The standard InChI is InChI=1S/C26H29FN6O6S/c1-5-14-32(40(35,36)16-20(34)18-13-12-17(27)15-28-18)26-31-30-25(19-8-6-11-23(29-19)39-4)33(26)24-21(37-2)9-7-10-22(24)38-3/h6-13,15,20,34H,5,14,16H2,1-4H3/t20-/m1/s1. The molecule has 0 amide bonds. The van der Waals surface area contributed by atoms with Crippen LogP contribution in [0, 0.1) is 5.82 Å². The van der Waals surface area contributed by atoms with Crippen LogP contribution >= 0.6 is 0 Å². The van der Waals surface area contributed by atoms with Crippen LogP contribution in [0.5, 0.6) is 17.4 Å². The van der Waals surface area contributed by atoms with Gasteiger partial charge in [0.1, 0.15) is 40.6 Å². The lowest BCUT2D eigenvalue weighted by Crippen LogP contribution is -2.37. The number of methoxy groups -OCH3 is 3. The van der Waals surface area contributed by atoms with Crippen LogP contribution in [0.25, 0.3) is 17.2 Å². The molecule has 0 spiro atoms. The lowest BCUT2D eigenvalue weighted by molar-refractivity contribution is 0.196. The molecule has 0 fully saturated rings. The Kier molecular flexibility index (Phi) is 8.80. The third kappa shape index (κ3) is 5.82. The van der Waals surface area contributed by atoms with Gasteiger partial charge in [0.25, 0.3) is 0 Å². The van der Waals surface area contributed by atoms with Crippen molar-refractivity contribution in [2.75, 3.05) is 37.9 Å². The smallest absolute Gasteiger partial charge is 0.246 e. The van der Waals surface area contributed by atoms with Crippen molar-refractivity contribution in [3.05, 3.63) is 66.2 Å². The zero-order valence-electron chi connectivity index (χ0n) is 22.4. The first-order chi connectivity index (χ1) is 19.2. The largest absolute Gasteiger partial charge is 0.494 e. The Morgan fingerprint density at radius 1 is 1.00 bits per heavy atom. The molecule has 0 aliphatic carbocycles. The maximum absolute atomic E-state index is 13.8. The fourth-order valence-corrected chi connectivity index (χ4v) is 5.62. The Hall–Kier alpha value is -4.30. The molecule has 4 rings (SSSR count). The molecule has 212 valence electrons. The predicted molar refractivity (Wildman–Crippen MR) is 145 cm³/mol. The molecule has 14 heteroatoms. The number of aliphatic hydroxyl groups excluding tert-OH is 1. The highest BCUT2D eigenvalue weighted by molar-refractivity contribution is 7.92. The summed E-state index contributed by atoms with van der Waals surface area (Å²) in [6.45, 7) is 1.81. The number of sulfonamides is 1. The monoisotopic (exact) mass is 572 g/mol. The molecule has 0 aliphatic rings. The molecule has 1 N–H and O–H groups in total. The van der Waals surface area contributed by atoms with Gasteiger partial charge in [0.2, 0.25) is 21.9 Å². The van der Waals surface area contributed by atoms with Crippen LogP contribution in [0.1, 0.15) is 25.1 Å². The van der Waals surface area contributed by atoms with E-state index in [9.17, 15) is 17.9 Å². The van der Waals surface area contributed by atoms with E-state index in [1.54, 1.807) is 43.3 Å². The summed E-state index contributed by atoms with van der Waals surface area (Å²) in [7, 11) is 0.169. The SMILES string of the molecule is CCCN(c1nnc(-c2cccc(OC)n2)n1-c1c(OC)cccc1OC)S(=O)(=O)C[C@@H](O)c1ccc(F)cn1. The van der Waals surface area contributed by atoms with Gasteiger partial charge < -0.3 is 19.3 Å². The normalized spacial score (nSPS) is 12.2. The van der Waals surface area contributed by atoms with Gasteiger partial charge in [0, 0.05) is 12.6 Å². The van der Waals surface area contributed by atoms with E-state index in [2.05, 4.69) is 20.2 Å². The number of ether oxygens (including phenoxy) is 3. The number of nitrogens with zero attached hydrogens (tertiary/aromatic N) is 6. The summed E-state index contributed by atoms with van der Waals surface area (Å²) in [5, 5.41) is 19.3. The quantitative estimate of drug-likeness (QED) is 0.269. The lowest BCUT2D eigenvalue weighted by atomic mass is 10.2. The molecule has 1 aromatic carbocycles. The van der Waals surface area contributed by atoms with Crippen LogP contribution in [-0.2, 0) is 10.0 Å². The summed E-state index contributed by atoms with van der Waals surface area (Å²) in [6, 6.07) is 12.5. The van der Waals surface area contributed by atoms with Crippen LogP contribution in [-0.4, -0.2) is 71.9 Å².